The Balaban J connectivity index is 1.14. The highest BCUT2D eigenvalue weighted by atomic mass is 16.5. The third-order valence-corrected chi connectivity index (χ3v) is 8.05. The van der Waals surface area contributed by atoms with Crippen molar-refractivity contribution in [2.24, 2.45) is 11.8 Å². The van der Waals surface area contributed by atoms with Crippen LogP contribution in [0.3, 0.4) is 0 Å². The molecule has 170 valence electrons. The highest BCUT2D eigenvalue weighted by Gasteiger charge is 2.44. The second kappa shape index (κ2) is 7.89. The maximum absolute atomic E-state index is 13.0. The normalized spacial score (nSPS) is 34.7. The van der Waals surface area contributed by atoms with Gasteiger partial charge in [0.05, 0.1) is 13.2 Å². The predicted molar refractivity (Wildman–Crippen MR) is 118 cm³/mol. The first-order valence-corrected chi connectivity index (χ1v) is 12.0. The summed E-state index contributed by atoms with van der Waals surface area (Å²) in [6.45, 7) is 8.35. The van der Waals surface area contributed by atoms with Crippen LogP contribution in [0.1, 0.15) is 48.0 Å². The minimum absolute atomic E-state index is 0.0659. The van der Waals surface area contributed by atoms with Crippen LogP contribution in [0, 0.1) is 11.8 Å². The lowest BCUT2D eigenvalue weighted by Gasteiger charge is -2.31. The predicted octanol–water partition coefficient (Wildman–Crippen LogP) is 2.31. The van der Waals surface area contributed by atoms with Crippen molar-refractivity contribution in [2.75, 3.05) is 26.3 Å². The van der Waals surface area contributed by atoms with Gasteiger partial charge in [0.25, 0.3) is 5.91 Å². The molecule has 1 aliphatic carbocycles. The maximum atomic E-state index is 13.0. The van der Waals surface area contributed by atoms with Gasteiger partial charge in [0.2, 0.25) is 5.91 Å². The number of carbonyl (C=O) groups excluding carboxylic acids is 2. The summed E-state index contributed by atoms with van der Waals surface area (Å²) in [4.78, 5) is 29.7. The molecule has 1 aromatic carbocycles. The van der Waals surface area contributed by atoms with E-state index in [9.17, 15) is 9.59 Å². The van der Waals surface area contributed by atoms with E-state index in [1.165, 1.54) is 12.8 Å². The molecule has 4 fully saturated rings. The molecule has 3 saturated heterocycles. The Hall–Kier alpha value is -2.38. The smallest absolute Gasteiger partial charge is 0.255 e. The quantitative estimate of drug-likeness (QED) is 0.783. The van der Waals surface area contributed by atoms with E-state index in [0.717, 1.165) is 49.7 Å². The molecule has 5 aliphatic rings. The number of benzene rings is 1. The maximum Gasteiger partial charge on any atom is 0.255 e. The van der Waals surface area contributed by atoms with Crippen molar-refractivity contribution in [3.63, 3.8) is 0 Å². The van der Waals surface area contributed by atoms with E-state index < -0.39 is 6.04 Å². The second-order valence-corrected chi connectivity index (χ2v) is 10.1. The molecule has 0 spiro atoms. The van der Waals surface area contributed by atoms with Gasteiger partial charge >= 0.3 is 0 Å². The van der Waals surface area contributed by atoms with E-state index in [2.05, 4.69) is 16.8 Å². The highest BCUT2D eigenvalue weighted by Crippen LogP contribution is 2.37. The number of allylic oxidation sites excluding steroid dienone is 1. The number of nitrogens with one attached hydrogen (secondary N) is 1. The number of amides is 2. The molecule has 2 amide bonds. The molecule has 1 aromatic rings. The summed E-state index contributed by atoms with van der Waals surface area (Å²) < 4.78 is 12.1. The molecule has 0 aromatic heterocycles. The molecule has 32 heavy (non-hydrogen) atoms. The van der Waals surface area contributed by atoms with Crippen molar-refractivity contribution in [1.29, 1.82) is 0 Å². The molecule has 0 radical (unpaired) electrons. The van der Waals surface area contributed by atoms with Gasteiger partial charge in [0, 0.05) is 48.8 Å². The topological polar surface area (TPSA) is 71.1 Å². The molecular formula is C25H31N3O4. The Morgan fingerprint density at radius 2 is 1.91 bits per heavy atom. The van der Waals surface area contributed by atoms with Crippen molar-refractivity contribution >= 4 is 11.8 Å². The lowest BCUT2D eigenvalue weighted by Crippen LogP contribution is -2.49. The summed E-state index contributed by atoms with van der Waals surface area (Å²) in [6.07, 6.45) is 4.97. The number of rotatable bonds is 4. The first kappa shape index (κ1) is 20.2. The van der Waals surface area contributed by atoms with Gasteiger partial charge in [-0.05, 0) is 55.9 Å². The van der Waals surface area contributed by atoms with Gasteiger partial charge in [-0.3, -0.25) is 14.5 Å². The first-order valence-electron chi connectivity index (χ1n) is 12.0. The first-order chi connectivity index (χ1) is 15.6. The summed E-state index contributed by atoms with van der Waals surface area (Å²) in [7, 11) is 0. The Kier molecular flexibility index (Phi) is 4.99. The number of hydrogen-bond donors (Lipinski definition) is 1. The minimum Gasteiger partial charge on any atom is -0.489 e. The molecule has 1 saturated carbocycles. The van der Waals surface area contributed by atoms with Crippen LogP contribution in [0.5, 0.6) is 5.75 Å². The van der Waals surface area contributed by atoms with E-state index in [1.54, 1.807) is 4.90 Å². The summed E-state index contributed by atoms with van der Waals surface area (Å²) in [5.41, 5.74) is 2.36. The molecule has 4 heterocycles. The number of piperidine rings is 1. The third kappa shape index (κ3) is 3.42. The fourth-order valence-electron chi connectivity index (χ4n) is 6.33. The van der Waals surface area contributed by atoms with Crippen LogP contribution in [-0.4, -0.2) is 66.1 Å². The fraction of sp³-hybridized carbons (Fsp3) is 0.600. The van der Waals surface area contributed by atoms with E-state index in [1.807, 2.05) is 18.2 Å². The molecule has 1 unspecified atom stereocenters. The molecule has 0 bridgehead atoms. The Labute approximate surface area is 188 Å². The van der Waals surface area contributed by atoms with E-state index in [-0.39, 0.29) is 17.9 Å². The lowest BCUT2D eigenvalue weighted by atomic mass is 10.0. The SMILES string of the molecule is C=C1CCC(N2Cc3cc(O[C@H]4CCC[C@@H]4N4C[C@H]5COC[C@H]5C4)ccc3C2=O)C(=O)N1. The largest absolute Gasteiger partial charge is 0.489 e. The lowest BCUT2D eigenvalue weighted by molar-refractivity contribution is -0.126. The van der Waals surface area contributed by atoms with Crippen molar-refractivity contribution in [3.05, 3.63) is 41.6 Å². The molecule has 7 heteroatoms. The molecule has 4 aliphatic heterocycles. The van der Waals surface area contributed by atoms with Gasteiger partial charge in [0.15, 0.2) is 0 Å². The van der Waals surface area contributed by atoms with Crippen LogP contribution in [-0.2, 0) is 16.1 Å². The standard InChI is InChI=1S/C25H31N3O4/c1-15-5-8-22(24(29)26-15)28-12-16-9-19(6-7-20(16)25(28)30)32-23-4-2-3-21(23)27-10-17-13-31-14-18(17)11-27/h6-7,9,17-18,21-23H,1-5,8,10-14H2,(H,26,29)/t17-,18+,21-,22?,23-/m0/s1. The van der Waals surface area contributed by atoms with Crippen molar-refractivity contribution in [3.8, 4) is 5.75 Å². The average Bonchev–Trinajstić information content (AvgIpc) is 3.52. The van der Waals surface area contributed by atoms with Gasteiger partial charge in [-0.1, -0.05) is 6.58 Å². The van der Waals surface area contributed by atoms with Crippen LogP contribution < -0.4 is 10.1 Å². The molecule has 6 rings (SSSR count). The molecular weight excluding hydrogens is 406 g/mol. The molecule has 1 N–H and O–H groups in total. The van der Waals surface area contributed by atoms with Crippen molar-refractivity contribution < 1.29 is 19.1 Å². The van der Waals surface area contributed by atoms with Crippen LogP contribution >= 0.6 is 0 Å². The Morgan fingerprint density at radius 1 is 1.09 bits per heavy atom. The van der Waals surface area contributed by atoms with Crippen molar-refractivity contribution in [2.45, 2.75) is 56.8 Å². The van der Waals surface area contributed by atoms with Crippen LogP contribution in [0.2, 0.25) is 0 Å². The second-order valence-electron chi connectivity index (χ2n) is 10.1. The molecule has 5 atom stereocenters. The number of hydrogen-bond acceptors (Lipinski definition) is 5. The third-order valence-electron chi connectivity index (χ3n) is 8.05. The van der Waals surface area contributed by atoms with E-state index in [0.29, 0.717) is 42.8 Å². The van der Waals surface area contributed by atoms with Gasteiger partial charge in [-0.2, -0.15) is 0 Å². The van der Waals surface area contributed by atoms with E-state index in [4.69, 9.17) is 9.47 Å². The van der Waals surface area contributed by atoms with Gasteiger partial charge < -0.3 is 19.7 Å². The van der Waals surface area contributed by atoms with Crippen LogP contribution in [0.15, 0.2) is 30.5 Å². The Bertz CT molecular complexity index is 951. The number of fused-ring (bicyclic) bond motifs is 2. The summed E-state index contributed by atoms with van der Waals surface area (Å²) >= 11 is 0. The van der Waals surface area contributed by atoms with Gasteiger partial charge in [-0.15, -0.1) is 0 Å². The van der Waals surface area contributed by atoms with Crippen molar-refractivity contribution in [1.82, 2.24) is 15.1 Å². The summed E-state index contributed by atoms with van der Waals surface area (Å²) in [6, 6.07) is 5.84. The summed E-state index contributed by atoms with van der Waals surface area (Å²) in [5, 5.41) is 2.79. The number of carbonyl (C=O) groups is 2. The van der Waals surface area contributed by atoms with Crippen LogP contribution in [0.4, 0.5) is 0 Å². The van der Waals surface area contributed by atoms with E-state index >= 15 is 0 Å². The zero-order valence-corrected chi connectivity index (χ0v) is 18.4. The minimum atomic E-state index is -0.428. The number of ether oxygens (including phenoxy) is 2. The summed E-state index contributed by atoms with van der Waals surface area (Å²) in [5.74, 6) is 2.00. The molecule has 7 nitrogen and oxygen atoms in total. The zero-order chi connectivity index (χ0) is 21.8. The Morgan fingerprint density at radius 3 is 2.69 bits per heavy atom. The zero-order valence-electron chi connectivity index (χ0n) is 18.4. The number of nitrogens with zero attached hydrogens (tertiary/aromatic N) is 2. The fourth-order valence-corrected chi connectivity index (χ4v) is 6.33. The van der Waals surface area contributed by atoms with Gasteiger partial charge in [0.1, 0.15) is 17.9 Å². The number of likely N-dealkylation sites (tertiary alicyclic amines) is 1. The van der Waals surface area contributed by atoms with Crippen LogP contribution in [0.25, 0.3) is 0 Å². The highest BCUT2D eigenvalue weighted by molar-refractivity contribution is 6.01. The van der Waals surface area contributed by atoms with Gasteiger partial charge in [-0.25, -0.2) is 0 Å². The monoisotopic (exact) mass is 437 g/mol. The average molecular weight is 438 g/mol.